The summed E-state index contributed by atoms with van der Waals surface area (Å²) in [5.41, 5.74) is 0.527. The van der Waals surface area contributed by atoms with Crippen molar-refractivity contribution in [1.29, 1.82) is 0 Å². The molecule has 146 valence electrons. The number of hydrogen-bond acceptors (Lipinski definition) is 4. The maximum Gasteiger partial charge on any atom is 0.573 e. The first-order valence-electron chi connectivity index (χ1n) is 8.68. The zero-order valence-corrected chi connectivity index (χ0v) is 14.9. The van der Waals surface area contributed by atoms with E-state index < -0.39 is 6.36 Å². The van der Waals surface area contributed by atoms with Gasteiger partial charge in [-0.1, -0.05) is 18.2 Å². The number of piperidine rings is 1. The number of alkyl halides is 3. The number of nitrogens with one attached hydrogen (secondary N) is 1. The number of carbonyl (C=O) groups excluding carboxylic acids is 1. The van der Waals surface area contributed by atoms with Crippen molar-refractivity contribution < 1.29 is 22.7 Å². The van der Waals surface area contributed by atoms with E-state index in [2.05, 4.69) is 15.2 Å². The van der Waals surface area contributed by atoms with E-state index in [0.717, 1.165) is 25.9 Å². The molecule has 1 aliphatic heterocycles. The largest absolute Gasteiger partial charge is 0.573 e. The minimum atomic E-state index is -4.79. The van der Waals surface area contributed by atoms with Crippen LogP contribution in [0.4, 0.5) is 13.2 Å². The van der Waals surface area contributed by atoms with Crippen LogP contribution in [0.1, 0.15) is 34.9 Å². The van der Waals surface area contributed by atoms with Crippen molar-refractivity contribution in [1.82, 2.24) is 20.0 Å². The quantitative estimate of drug-likeness (QED) is 0.864. The zero-order chi connectivity index (χ0) is 19.4. The van der Waals surface area contributed by atoms with Gasteiger partial charge in [0.1, 0.15) is 11.4 Å². The Morgan fingerprint density at radius 3 is 2.85 bits per heavy atom. The van der Waals surface area contributed by atoms with Gasteiger partial charge in [0.05, 0.1) is 6.04 Å². The Bertz CT molecular complexity index is 785. The van der Waals surface area contributed by atoms with Gasteiger partial charge in [0.2, 0.25) is 0 Å². The Morgan fingerprint density at radius 1 is 1.37 bits per heavy atom. The van der Waals surface area contributed by atoms with Crippen molar-refractivity contribution in [3.8, 4) is 5.75 Å². The summed E-state index contributed by atoms with van der Waals surface area (Å²) in [4.78, 5) is 13.9. The van der Waals surface area contributed by atoms with E-state index in [-0.39, 0.29) is 35.5 Å². The van der Waals surface area contributed by atoms with E-state index >= 15 is 0 Å². The molecule has 1 amide bonds. The molecular formula is C18H21F3N4O2. The average molecular weight is 382 g/mol. The maximum absolute atomic E-state index is 12.6. The van der Waals surface area contributed by atoms with Gasteiger partial charge in [0.25, 0.3) is 5.91 Å². The summed E-state index contributed by atoms with van der Waals surface area (Å²) in [6.45, 7) is 1.75. The van der Waals surface area contributed by atoms with Crippen LogP contribution in [-0.2, 0) is 6.54 Å². The Kier molecular flexibility index (Phi) is 5.69. The van der Waals surface area contributed by atoms with Crippen LogP contribution in [0, 0.1) is 0 Å². The molecule has 0 bridgehead atoms. The highest BCUT2D eigenvalue weighted by Gasteiger charge is 2.32. The van der Waals surface area contributed by atoms with Crippen molar-refractivity contribution in [2.24, 2.45) is 0 Å². The fraction of sp³-hybridized carbons (Fsp3) is 0.444. The van der Waals surface area contributed by atoms with Crippen LogP contribution >= 0.6 is 0 Å². The first kappa shape index (κ1) is 19.2. The lowest BCUT2D eigenvalue weighted by atomic mass is 10.1. The maximum atomic E-state index is 12.6. The number of rotatable bonds is 5. The van der Waals surface area contributed by atoms with Crippen LogP contribution in [0.15, 0.2) is 36.5 Å². The van der Waals surface area contributed by atoms with Gasteiger partial charge in [-0.15, -0.1) is 13.2 Å². The van der Waals surface area contributed by atoms with E-state index in [0.29, 0.717) is 0 Å². The van der Waals surface area contributed by atoms with Crippen molar-refractivity contribution in [2.45, 2.75) is 31.8 Å². The Morgan fingerprint density at radius 2 is 2.15 bits per heavy atom. The number of benzene rings is 1. The number of para-hydroxylation sites is 1. The van der Waals surface area contributed by atoms with Crippen molar-refractivity contribution >= 4 is 5.91 Å². The standard InChI is InChI=1S/C18H21F3N4O2/c1-24(12-13-5-2-3-7-16(13)27-18(19,20)21)17(26)15-8-10-25(23-15)14-6-4-9-22-11-14/h2-3,5,7-8,10,14,22H,4,6,9,11-12H2,1H3. The molecule has 1 atom stereocenters. The van der Waals surface area contributed by atoms with Gasteiger partial charge in [0, 0.05) is 31.9 Å². The Labute approximate surface area is 154 Å². The normalized spacial score (nSPS) is 17.6. The second-order valence-electron chi connectivity index (χ2n) is 6.50. The summed E-state index contributed by atoms with van der Waals surface area (Å²) in [7, 11) is 1.52. The fourth-order valence-electron chi connectivity index (χ4n) is 3.10. The third-order valence-electron chi connectivity index (χ3n) is 4.42. The number of ether oxygens (including phenoxy) is 1. The van der Waals surface area contributed by atoms with Gasteiger partial charge in [-0.05, 0) is 31.5 Å². The van der Waals surface area contributed by atoms with E-state index in [1.807, 2.05) is 0 Å². The van der Waals surface area contributed by atoms with Gasteiger partial charge in [-0.3, -0.25) is 9.48 Å². The third-order valence-corrected chi connectivity index (χ3v) is 4.42. The second-order valence-corrected chi connectivity index (χ2v) is 6.50. The Hall–Kier alpha value is -2.55. The second kappa shape index (κ2) is 7.99. The predicted molar refractivity (Wildman–Crippen MR) is 92.3 cm³/mol. The molecule has 1 fully saturated rings. The number of hydrogen-bond donors (Lipinski definition) is 1. The monoisotopic (exact) mass is 382 g/mol. The minimum Gasteiger partial charge on any atom is -0.405 e. The highest BCUT2D eigenvalue weighted by atomic mass is 19.4. The molecule has 1 N–H and O–H groups in total. The lowest BCUT2D eigenvalue weighted by molar-refractivity contribution is -0.275. The van der Waals surface area contributed by atoms with E-state index in [9.17, 15) is 18.0 Å². The summed E-state index contributed by atoms with van der Waals surface area (Å²) in [6, 6.07) is 7.61. The number of halogens is 3. The molecule has 27 heavy (non-hydrogen) atoms. The summed E-state index contributed by atoms with van der Waals surface area (Å²) in [6.07, 6.45) is -0.991. The SMILES string of the molecule is CN(Cc1ccccc1OC(F)(F)F)C(=O)c1ccn(C2CCCNC2)n1. The van der Waals surface area contributed by atoms with Crippen LogP contribution in [0.3, 0.4) is 0 Å². The van der Waals surface area contributed by atoms with Gasteiger partial charge in [0.15, 0.2) is 0 Å². The number of aromatic nitrogens is 2. The van der Waals surface area contributed by atoms with E-state index in [1.165, 1.54) is 30.1 Å². The minimum absolute atomic E-state index is 0.0249. The number of carbonyl (C=O) groups is 1. The lowest BCUT2D eigenvalue weighted by Crippen LogP contribution is -2.32. The predicted octanol–water partition coefficient (Wildman–Crippen LogP) is 2.98. The number of amides is 1. The molecule has 2 aromatic rings. The van der Waals surface area contributed by atoms with Crippen molar-refractivity contribution in [3.63, 3.8) is 0 Å². The highest BCUT2D eigenvalue weighted by Crippen LogP contribution is 2.27. The van der Waals surface area contributed by atoms with Crippen LogP contribution in [0.25, 0.3) is 0 Å². The van der Waals surface area contributed by atoms with Crippen LogP contribution < -0.4 is 10.1 Å². The van der Waals surface area contributed by atoms with E-state index in [1.54, 1.807) is 23.0 Å². The average Bonchev–Trinajstić information content (AvgIpc) is 3.12. The lowest BCUT2D eigenvalue weighted by Gasteiger charge is -2.23. The van der Waals surface area contributed by atoms with Gasteiger partial charge in [-0.2, -0.15) is 5.10 Å². The first-order valence-corrected chi connectivity index (χ1v) is 8.68. The molecule has 1 unspecified atom stereocenters. The molecule has 1 saturated heterocycles. The summed E-state index contributed by atoms with van der Waals surface area (Å²) in [5, 5.41) is 7.64. The van der Waals surface area contributed by atoms with Crippen molar-refractivity contribution in [2.75, 3.05) is 20.1 Å². The van der Waals surface area contributed by atoms with Crippen LogP contribution in [0.2, 0.25) is 0 Å². The number of nitrogens with zero attached hydrogens (tertiary/aromatic N) is 3. The highest BCUT2D eigenvalue weighted by molar-refractivity contribution is 5.92. The third kappa shape index (κ3) is 5.00. The van der Waals surface area contributed by atoms with E-state index in [4.69, 9.17) is 0 Å². The molecule has 1 aliphatic rings. The summed E-state index contributed by atoms with van der Waals surface area (Å²) in [5.74, 6) is -0.678. The van der Waals surface area contributed by atoms with Gasteiger partial charge >= 0.3 is 6.36 Å². The van der Waals surface area contributed by atoms with Crippen LogP contribution in [0.5, 0.6) is 5.75 Å². The molecule has 6 nitrogen and oxygen atoms in total. The molecule has 9 heteroatoms. The molecule has 0 spiro atoms. The summed E-state index contributed by atoms with van der Waals surface area (Å²) < 4.78 is 43.4. The molecule has 1 aromatic carbocycles. The fourth-order valence-corrected chi connectivity index (χ4v) is 3.10. The molecular weight excluding hydrogens is 361 g/mol. The Balaban J connectivity index is 1.69. The molecule has 0 aliphatic carbocycles. The zero-order valence-electron chi connectivity index (χ0n) is 14.9. The topological polar surface area (TPSA) is 59.4 Å². The summed E-state index contributed by atoms with van der Waals surface area (Å²) >= 11 is 0. The van der Waals surface area contributed by atoms with Gasteiger partial charge < -0.3 is 15.0 Å². The van der Waals surface area contributed by atoms with Crippen molar-refractivity contribution in [3.05, 3.63) is 47.8 Å². The van der Waals surface area contributed by atoms with Gasteiger partial charge in [-0.25, -0.2) is 0 Å². The first-order chi connectivity index (χ1) is 12.8. The molecule has 2 heterocycles. The molecule has 0 radical (unpaired) electrons. The molecule has 0 saturated carbocycles. The molecule has 3 rings (SSSR count). The molecule has 1 aromatic heterocycles. The van der Waals surface area contributed by atoms with Crippen LogP contribution in [-0.4, -0.2) is 47.1 Å². The smallest absolute Gasteiger partial charge is 0.405 e.